The average molecular weight is 472 g/mol. The lowest BCUT2D eigenvalue weighted by molar-refractivity contribution is -0.385. The number of aryl methyl sites for hydroxylation is 1. The topological polar surface area (TPSA) is 128 Å². The molecule has 0 unspecified atom stereocenters. The Morgan fingerprint density at radius 3 is 2.18 bits per heavy atom. The Morgan fingerprint density at radius 1 is 1.00 bits per heavy atom. The molecule has 1 heterocycles. The summed E-state index contributed by atoms with van der Waals surface area (Å²) in [5, 5.41) is 14.6. The lowest BCUT2D eigenvalue weighted by Crippen LogP contribution is -2.30. The number of aromatic nitrogens is 2. The van der Waals surface area contributed by atoms with Crippen LogP contribution in [0.1, 0.15) is 26.3 Å². The molecule has 0 aliphatic rings. The zero-order valence-corrected chi connectivity index (χ0v) is 19.4. The number of rotatable bonds is 10. The first-order chi connectivity index (χ1) is 15.8. The molecule has 0 fully saturated rings. The van der Waals surface area contributed by atoms with Gasteiger partial charge in [0.25, 0.3) is 0 Å². The van der Waals surface area contributed by atoms with Gasteiger partial charge < -0.3 is 10.1 Å². The Labute approximate surface area is 192 Å². The second kappa shape index (κ2) is 10.4. The molecular formula is C22H25N5O5S. The number of ether oxygens (including phenoxy) is 1. The molecule has 0 spiro atoms. The van der Waals surface area contributed by atoms with E-state index >= 15 is 0 Å². The highest BCUT2D eigenvalue weighted by Crippen LogP contribution is 2.35. The Kier molecular flexibility index (Phi) is 7.56. The van der Waals surface area contributed by atoms with Crippen molar-refractivity contribution in [3.63, 3.8) is 0 Å². The van der Waals surface area contributed by atoms with Gasteiger partial charge in [0.05, 0.1) is 9.82 Å². The van der Waals surface area contributed by atoms with E-state index in [9.17, 15) is 18.5 Å². The van der Waals surface area contributed by atoms with Crippen molar-refractivity contribution in [3.05, 3.63) is 70.5 Å². The fourth-order valence-corrected chi connectivity index (χ4v) is 4.62. The molecule has 0 saturated carbocycles. The second-order valence-electron chi connectivity index (χ2n) is 6.97. The van der Waals surface area contributed by atoms with E-state index in [2.05, 4.69) is 15.3 Å². The van der Waals surface area contributed by atoms with E-state index in [0.717, 1.165) is 18.3 Å². The molecule has 0 aliphatic carbocycles. The third-order valence-corrected chi connectivity index (χ3v) is 7.04. The standard InChI is InChI=1S/C22H25N5O5S/c1-4-16-7-11-18(12-8-16)32-22-20(27(28)29)21(23-15-24-22)25-17-9-13-19(14-10-17)33(30,31)26(5-2)6-3/h7-15H,4-6H2,1-3H3,(H,23,24,25). The van der Waals surface area contributed by atoms with Crippen LogP contribution in [0, 0.1) is 10.1 Å². The van der Waals surface area contributed by atoms with Crippen molar-refractivity contribution in [2.24, 2.45) is 0 Å². The van der Waals surface area contributed by atoms with Crippen LogP contribution in [0.25, 0.3) is 0 Å². The first-order valence-electron chi connectivity index (χ1n) is 10.4. The van der Waals surface area contributed by atoms with Crippen molar-refractivity contribution >= 4 is 27.2 Å². The van der Waals surface area contributed by atoms with Gasteiger partial charge in [-0.25, -0.2) is 13.4 Å². The van der Waals surface area contributed by atoms with Gasteiger partial charge in [0, 0.05) is 18.8 Å². The summed E-state index contributed by atoms with van der Waals surface area (Å²) < 4.78 is 32.3. The summed E-state index contributed by atoms with van der Waals surface area (Å²) in [6.45, 7) is 6.27. The number of anilines is 2. The molecule has 1 aromatic heterocycles. The van der Waals surface area contributed by atoms with Crippen LogP contribution in [-0.4, -0.2) is 40.7 Å². The third kappa shape index (κ3) is 5.44. The van der Waals surface area contributed by atoms with Gasteiger partial charge in [0.15, 0.2) is 0 Å². The van der Waals surface area contributed by atoms with E-state index < -0.39 is 20.6 Å². The van der Waals surface area contributed by atoms with Crippen molar-refractivity contribution in [3.8, 4) is 11.6 Å². The fourth-order valence-electron chi connectivity index (χ4n) is 3.16. The smallest absolute Gasteiger partial charge is 0.373 e. The zero-order chi connectivity index (χ0) is 24.0. The molecule has 2 aromatic carbocycles. The SMILES string of the molecule is CCc1ccc(Oc2ncnc(Nc3ccc(S(=O)(=O)N(CC)CC)cc3)c2[N+](=O)[O-])cc1. The molecular weight excluding hydrogens is 446 g/mol. The van der Waals surface area contributed by atoms with Crippen molar-refractivity contribution < 1.29 is 18.1 Å². The number of nitrogens with one attached hydrogen (secondary N) is 1. The number of nitrogens with zero attached hydrogens (tertiary/aromatic N) is 4. The van der Waals surface area contributed by atoms with Gasteiger partial charge in [-0.15, -0.1) is 0 Å². The van der Waals surface area contributed by atoms with Crippen LogP contribution in [0.2, 0.25) is 0 Å². The first kappa shape index (κ1) is 24.1. The molecule has 0 saturated heterocycles. The van der Waals surface area contributed by atoms with E-state index in [1.807, 2.05) is 19.1 Å². The highest BCUT2D eigenvalue weighted by molar-refractivity contribution is 7.89. The lowest BCUT2D eigenvalue weighted by atomic mass is 10.2. The Balaban J connectivity index is 1.87. The van der Waals surface area contributed by atoms with Gasteiger partial charge in [-0.2, -0.15) is 9.29 Å². The van der Waals surface area contributed by atoms with E-state index in [4.69, 9.17) is 4.74 Å². The normalized spacial score (nSPS) is 11.4. The van der Waals surface area contributed by atoms with Crippen LogP contribution in [-0.2, 0) is 16.4 Å². The minimum Gasteiger partial charge on any atom is -0.434 e. The van der Waals surface area contributed by atoms with Crippen molar-refractivity contribution in [2.75, 3.05) is 18.4 Å². The Morgan fingerprint density at radius 2 is 1.64 bits per heavy atom. The van der Waals surface area contributed by atoms with Gasteiger partial charge in [-0.1, -0.05) is 32.9 Å². The number of hydrogen-bond acceptors (Lipinski definition) is 8. The van der Waals surface area contributed by atoms with Crippen LogP contribution in [0.3, 0.4) is 0 Å². The van der Waals surface area contributed by atoms with Gasteiger partial charge in [0.2, 0.25) is 15.8 Å². The van der Waals surface area contributed by atoms with Gasteiger partial charge in [0.1, 0.15) is 12.1 Å². The van der Waals surface area contributed by atoms with E-state index in [1.165, 1.54) is 28.6 Å². The van der Waals surface area contributed by atoms with E-state index in [-0.39, 0.29) is 16.6 Å². The van der Waals surface area contributed by atoms with Gasteiger partial charge in [-0.3, -0.25) is 10.1 Å². The maximum Gasteiger partial charge on any atom is 0.373 e. The first-order valence-corrected chi connectivity index (χ1v) is 11.9. The predicted molar refractivity (Wildman–Crippen MR) is 124 cm³/mol. The van der Waals surface area contributed by atoms with Crippen LogP contribution in [0.4, 0.5) is 17.2 Å². The van der Waals surface area contributed by atoms with E-state index in [1.54, 1.807) is 26.0 Å². The fraction of sp³-hybridized carbons (Fsp3) is 0.273. The second-order valence-corrected chi connectivity index (χ2v) is 8.91. The largest absolute Gasteiger partial charge is 0.434 e. The molecule has 0 bridgehead atoms. The van der Waals surface area contributed by atoms with Gasteiger partial charge in [-0.05, 0) is 48.4 Å². The quantitative estimate of drug-likeness (QED) is 0.338. The minimum absolute atomic E-state index is 0.0745. The Bertz CT molecular complexity index is 1210. The maximum atomic E-state index is 12.6. The van der Waals surface area contributed by atoms with Crippen LogP contribution >= 0.6 is 0 Å². The molecule has 10 nitrogen and oxygen atoms in total. The van der Waals surface area contributed by atoms with E-state index in [0.29, 0.717) is 24.5 Å². The monoisotopic (exact) mass is 471 g/mol. The number of nitro groups is 1. The molecule has 33 heavy (non-hydrogen) atoms. The molecule has 174 valence electrons. The number of benzene rings is 2. The molecule has 3 rings (SSSR count). The molecule has 0 amide bonds. The number of hydrogen-bond donors (Lipinski definition) is 1. The van der Waals surface area contributed by atoms with Crippen LogP contribution in [0.5, 0.6) is 11.6 Å². The summed E-state index contributed by atoms with van der Waals surface area (Å²) >= 11 is 0. The highest BCUT2D eigenvalue weighted by atomic mass is 32.2. The summed E-state index contributed by atoms with van der Waals surface area (Å²) in [7, 11) is -3.61. The lowest BCUT2D eigenvalue weighted by Gasteiger charge is -2.18. The van der Waals surface area contributed by atoms with Crippen molar-refractivity contribution in [1.29, 1.82) is 0 Å². The predicted octanol–water partition coefficient (Wildman–Crippen LogP) is 4.51. The van der Waals surface area contributed by atoms with Crippen molar-refractivity contribution in [2.45, 2.75) is 32.1 Å². The van der Waals surface area contributed by atoms with Gasteiger partial charge >= 0.3 is 11.6 Å². The summed E-state index contributed by atoms with van der Waals surface area (Å²) in [5.41, 5.74) is 1.10. The summed E-state index contributed by atoms with van der Waals surface area (Å²) in [4.78, 5) is 19.2. The summed E-state index contributed by atoms with van der Waals surface area (Å²) in [6.07, 6.45) is 2.02. The summed E-state index contributed by atoms with van der Waals surface area (Å²) in [5.74, 6) is 0.128. The molecule has 3 aromatic rings. The Hall–Kier alpha value is -3.57. The van der Waals surface area contributed by atoms with Crippen LogP contribution in [0.15, 0.2) is 59.8 Å². The minimum atomic E-state index is -3.61. The van der Waals surface area contributed by atoms with Crippen molar-refractivity contribution in [1.82, 2.24) is 14.3 Å². The number of sulfonamides is 1. The maximum absolute atomic E-state index is 12.6. The highest BCUT2D eigenvalue weighted by Gasteiger charge is 2.26. The van der Waals surface area contributed by atoms with Crippen LogP contribution < -0.4 is 10.1 Å². The summed E-state index contributed by atoms with van der Waals surface area (Å²) in [6, 6.07) is 13.1. The molecule has 0 aliphatic heterocycles. The molecule has 0 radical (unpaired) electrons. The zero-order valence-electron chi connectivity index (χ0n) is 18.6. The average Bonchev–Trinajstić information content (AvgIpc) is 2.80. The third-order valence-electron chi connectivity index (χ3n) is 4.98. The molecule has 0 atom stereocenters. The molecule has 1 N–H and O–H groups in total. The molecule has 11 heteroatoms.